The minimum atomic E-state index is -1.48. The van der Waals surface area contributed by atoms with Crippen molar-refractivity contribution in [2.75, 3.05) is 30.0 Å². The molecule has 6 aromatic carbocycles. The second kappa shape index (κ2) is 32.9. The van der Waals surface area contributed by atoms with E-state index in [9.17, 15) is 34.6 Å². The maximum Gasteiger partial charge on any atom is 0.488 e. The summed E-state index contributed by atoms with van der Waals surface area (Å²) in [6.07, 6.45) is 2.58. The number of hydrogen-bond acceptors (Lipinski definition) is 17. The fourth-order valence-electron chi connectivity index (χ4n) is 7.10. The summed E-state index contributed by atoms with van der Waals surface area (Å²) in [6, 6.07) is 37.3. The molecule has 0 amide bonds. The lowest BCUT2D eigenvalue weighted by Gasteiger charge is -2.19. The fourth-order valence-corrected chi connectivity index (χ4v) is 7.45. The number of halogens is 1. The number of nitrogen functional groups attached to an aromatic ring is 4. The lowest BCUT2D eigenvalue weighted by atomic mass is 9.79. The highest BCUT2D eigenvalue weighted by Crippen LogP contribution is 2.34. The van der Waals surface area contributed by atoms with Crippen LogP contribution in [0.4, 0.5) is 34.1 Å². The molecule has 0 aliphatic carbocycles. The average Bonchev–Trinajstić information content (AvgIpc) is 3.36. The molecule has 0 bridgehead atoms. The number of rotatable bonds is 14. The Hall–Kier alpha value is -7.85. The summed E-state index contributed by atoms with van der Waals surface area (Å²) in [5, 5.41) is 46.4. The van der Waals surface area contributed by atoms with E-state index in [2.05, 4.69) is 15.9 Å². The van der Waals surface area contributed by atoms with Crippen molar-refractivity contribution in [3.05, 3.63) is 169 Å². The van der Waals surface area contributed by atoms with E-state index in [0.29, 0.717) is 52.6 Å². The molecule has 80 heavy (non-hydrogen) atoms. The Morgan fingerprint density at radius 2 is 0.850 bits per heavy atom. The van der Waals surface area contributed by atoms with Gasteiger partial charge in [-0.1, -0.05) is 111 Å². The summed E-state index contributed by atoms with van der Waals surface area (Å²) in [6.45, 7) is 16.6. The first-order valence-corrected chi connectivity index (χ1v) is 25.7. The summed E-state index contributed by atoms with van der Waals surface area (Å²) in [5.74, 6) is -0.698. The van der Waals surface area contributed by atoms with Gasteiger partial charge in [0.1, 0.15) is 28.2 Å². The molecule has 19 nitrogen and oxygen atoms in total. The van der Waals surface area contributed by atoms with Gasteiger partial charge in [-0.05, 0) is 143 Å². The Bertz CT molecular complexity index is 2990. The van der Waals surface area contributed by atoms with E-state index in [1.54, 1.807) is 48.5 Å². The molecule has 0 heterocycles. The second-order valence-electron chi connectivity index (χ2n) is 20.5. The molecule has 0 fully saturated rings. The maximum absolute atomic E-state index is 11.8. The summed E-state index contributed by atoms with van der Waals surface area (Å²) < 4.78 is 16.4. The van der Waals surface area contributed by atoms with Crippen LogP contribution in [-0.2, 0) is 47.9 Å². The van der Waals surface area contributed by atoms with Crippen LogP contribution in [-0.4, -0.2) is 73.9 Å². The number of anilines is 4. The number of para-hydroxylation sites is 3. The van der Waals surface area contributed by atoms with Crippen LogP contribution in [0, 0.1) is 20.2 Å². The summed E-state index contributed by atoms with van der Waals surface area (Å²) in [7, 11) is -0.480. The highest BCUT2D eigenvalue weighted by molar-refractivity contribution is 9.10. The first-order chi connectivity index (χ1) is 36.8. The Morgan fingerprint density at radius 1 is 0.512 bits per heavy atom. The van der Waals surface area contributed by atoms with Crippen molar-refractivity contribution in [3.63, 3.8) is 0 Å². The Balaban J connectivity index is 0.000000543. The lowest BCUT2D eigenvalue weighted by molar-refractivity contribution is -0.384. The van der Waals surface area contributed by atoms with E-state index >= 15 is 0 Å². The zero-order valence-electron chi connectivity index (χ0n) is 46.5. The van der Waals surface area contributed by atoms with Crippen molar-refractivity contribution in [1.82, 2.24) is 0 Å². The van der Waals surface area contributed by atoms with Crippen LogP contribution in [0.15, 0.2) is 132 Å². The number of aliphatic hydroxyl groups is 1. The molecular formula is C59H78BBrN6O13. The van der Waals surface area contributed by atoms with Crippen molar-refractivity contribution in [3.8, 4) is 22.3 Å². The van der Waals surface area contributed by atoms with E-state index in [1.165, 1.54) is 12.1 Å². The third-order valence-corrected chi connectivity index (χ3v) is 11.2. The van der Waals surface area contributed by atoms with E-state index in [-0.39, 0.29) is 60.9 Å². The van der Waals surface area contributed by atoms with Crippen molar-refractivity contribution < 1.29 is 53.6 Å². The molecule has 0 aliphatic rings. The Morgan fingerprint density at radius 3 is 1.23 bits per heavy atom. The van der Waals surface area contributed by atoms with Crippen molar-refractivity contribution in [1.29, 1.82) is 0 Å². The summed E-state index contributed by atoms with van der Waals surface area (Å²) >= 11 is 3.08. The van der Waals surface area contributed by atoms with Gasteiger partial charge in [0, 0.05) is 54.1 Å². The van der Waals surface area contributed by atoms with Gasteiger partial charge in [0.2, 0.25) is 0 Å². The number of ether oxygens (including phenoxy) is 3. The molecule has 21 heteroatoms. The molecule has 6 aromatic rings. The van der Waals surface area contributed by atoms with Gasteiger partial charge in [0.05, 0.1) is 21.2 Å². The molecule has 0 saturated carbocycles. The number of nitro groups is 2. The fraction of sp³-hybridized carbons (Fsp3) is 0.339. The van der Waals surface area contributed by atoms with Crippen LogP contribution in [0.3, 0.4) is 0 Å². The molecule has 0 radical (unpaired) electrons. The van der Waals surface area contributed by atoms with Gasteiger partial charge in [-0.2, -0.15) is 0 Å². The van der Waals surface area contributed by atoms with Crippen LogP contribution in [0.2, 0.25) is 0 Å². The first-order valence-electron chi connectivity index (χ1n) is 24.9. The molecule has 6 rings (SSSR count). The number of hydrogen-bond donors (Lipinski definition) is 7. The summed E-state index contributed by atoms with van der Waals surface area (Å²) in [4.78, 5) is 55.5. The van der Waals surface area contributed by atoms with E-state index in [4.69, 9.17) is 52.3 Å². The van der Waals surface area contributed by atoms with Gasteiger partial charge in [-0.3, -0.25) is 34.6 Å². The van der Waals surface area contributed by atoms with Gasteiger partial charge in [0.25, 0.3) is 11.4 Å². The molecule has 11 N–H and O–H groups in total. The van der Waals surface area contributed by atoms with Crippen LogP contribution < -0.4 is 28.4 Å². The number of aryl methyl sites for hydroxylation is 3. The van der Waals surface area contributed by atoms with Crippen LogP contribution in [0.1, 0.15) is 106 Å². The average molecular weight is 1170 g/mol. The minimum absolute atomic E-state index is 0. The Labute approximate surface area is 478 Å². The number of esters is 3. The first kappa shape index (κ1) is 70.2. The number of carbonyl (C=O) groups excluding carboxylic acids is 3. The van der Waals surface area contributed by atoms with Gasteiger partial charge >= 0.3 is 25.0 Å². The number of nitrogens with zero attached hydrogens (tertiary/aromatic N) is 2. The lowest BCUT2D eigenvalue weighted by Crippen LogP contribution is -2.30. The predicted molar refractivity (Wildman–Crippen MR) is 322 cm³/mol. The van der Waals surface area contributed by atoms with Gasteiger partial charge in [0.15, 0.2) is 0 Å². The van der Waals surface area contributed by atoms with Gasteiger partial charge in [-0.15, -0.1) is 0 Å². The predicted octanol–water partition coefficient (Wildman–Crippen LogP) is 10.7. The quantitative estimate of drug-likeness (QED) is 0.0133. The molecule has 0 spiro atoms. The number of benzene rings is 6. The monoisotopic (exact) mass is 1170 g/mol. The number of aliphatic hydroxyl groups excluding tert-OH is 1. The Kier molecular flexibility index (Phi) is 28.9. The molecule has 0 aliphatic heterocycles. The molecular weight excluding hydrogens is 1090 g/mol. The molecule has 432 valence electrons. The maximum atomic E-state index is 11.8. The zero-order valence-corrected chi connectivity index (χ0v) is 48.0. The number of nitrogens with two attached hydrogens (primary N) is 4. The largest absolute Gasteiger partial charge is 0.488 e. The zero-order chi connectivity index (χ0) is 59.8. The highest BCUT2D eigenvalue weighted by atomic mass is 79.9. The van der Waals surface area contributed by atoms with E-state index < -0.39 is 33.8 Å². The van der Waals surface area contributed by atoms with Crippen molar-refractivity contribution in [2.24, 2.45) is 0 Å². The SMILES string of the molecule is C.CC(C)(C)OC(=O)CCc1cccc(-c2cccc(N)c2N)c1.CC(C)(C)OC(=O)CCc1cccc(-c2cccc([N+](=O)[O-])c2N)c1.CC(C)(C)OC(=O)CCc1cccc(B(O)O)c1.CO.Nc1c(Br)cccc1[N+](=O)[O-]. The minimum Gasteiger partial charge on any atom is -0.460 e. The normalized spacial score (nSPS) is 10.6. The van der Waals surface area contributed by atoms with Crippen LogP contribution in [0.25, 0.3) is 22.3 Å². The van der Waals surface area contributed by atoms with Crippen LogP contribution in [0.5, 0.6) is 0 Å². The number of nitro benzene ring substituents is 2. The second-order valence-corrected chi connectivity index (χ2v) is 21.4. The van der Waals surface area contributed by atoms with Crippen molar-refractivity contribution >= 4 is 80.5 Å². The molecule has 0 saturated heterocycles. The van der Waals surface area contributed by atoms with Gasteiger partial charge < -0.3 is 52.3 Å². The van der Waals surface area contributed by atoms with Crippen LogP contribution >= 0.6 is 15.9 Å². The van der Waals surface area contributed by atoms with E-state index in [0.717, 1.165) is 40.5 Å². The smallest absolute Gasteiger partial charge is 0.460 e. The topological polar surface area (TPSA) is 330 Å². The van der Waals surface area contributed by atoms with Crippen molar-refractivity contribution in [2.45, 2.75) is 125 Å². The molecule has 0 atom stereocenters. The number of carbonyl (C=O) groups is 3. The third kappa shape index (κ3) is 25.7. The third-order valence-electron chi connectivity index (χ3n) is 10.5. The standard InChI is InChI=1S/C19H22N2O4.C19H24N2O2.C13H19BO4.C6H5BrN2O2.CH4O.CH4/c1-19(2,3)25-17(22)11-10-13-6-4-7-14(12-13)15-8-5-9-16(18(15)20)21(23)24;1-19(2,3)23-17(22)11-10-13-6-4-7-14(12-13)15-8-5-9-16(20)18(15)21;1-13(2,3)18-12(15)8-7-10-5-4-6-11(9-10)14(16)17;7-4-2-1-3-5(6(4)8)9(10)11;1-2;/h4-9,12H,10-11,20H2,1-3H3;4-9,12H,10-11,20-21H2,1-3H3;4-6,9,16-17H,7-8H2,1-3H3;1-3H,8H2;2H,1H3;1H4. The van der Waals surface area contributed by atoms with Gasteiger partial charge in [-0.25, -0.2) is 0 Å². The molecule has 0 aromatic heterocycles. The van der Waals surface area contributed by atoms with E-state index in [1.807, 2.05) is 129 Å². The molecule has 0 unspecified atom stereocenters. The highest BCUT2D eigenvalue weighted by Gasteiger charge is 2.20. The summed E-state index contributed by atoms with van der Waals surface area (Å²) in [5.41, 5.74) is 29.7.